The third-order valence-corrected chi connectivity index (χ3v) is 11.9. The molecule has 0 saturated heterocycles. The summed E-state index contributed by atoms with van der Waals surface area (Å²) in [5.41, 5.74) is 14.8. The highest BCUT2D eigenvalue weighted by Gasteiger charge is 2.18. The van der Waals surface area contributed by atoms with Gasteiger partial charge in [0.25, 0.3) is 0 Å². The van der Waals surface area contributed by atoms with Gasteiger partial charge in [-0.15, -0.1) is 0 Å². The lowest BCUT2D eigenvalue weighted by atomic mass is 9.85. The summed E-state index contributed by atoms with van der Waals surface area (Å²) in [5, 5.41) is 10.1. The van der Waals surface area contributed by atoms with Crippen molar-refractivity contribution in [2.75, 3.05) is 0 Å². The number of hydrogen-bond donors (Lipinski definition) is 0. The predicted molar refractivity (Wildman–Crippen MR) is 249 cm³/mol. The van der Waals surface area contributed by atoms with Crippen molar-refractivity contribution in [3.8, 4) is 66.8 Å². The second kappa shape index (κ2) is 14.2. The molecule has 0 nitrogen and oxygen atoms in total. The van der Waals surface area contributed by atoms with E-state index in [2.05, 4.69) is 231 Å². The van der Waals surface area contributed by atoms with Gasteiger partial charge in [0.05, 0.1) is 0 Å². The molecule has 0 aromatic heterocycles. The van der Waals surface area contributed by atoms with Crippen LogP contribution in [0.2, 0.25) is 0 Å². The summed E-state index contributed by atoms with van der Waals surface area (Å²) in [7, 11) is 0. The average Bonchev–Trinajstić information content (AvgIpc) is 3.31. The molecule has 0 fully saturated rings. The lowest BCUT2D eigenvalue weighted by Gasteiger charge is -2.19. The predicted octanol–water partition coefficient (Wildman–Crippen LogP) is 16.3. The number of fused-ring (bicyclic) bond motifs is 4. The highest BCUT2D eigenvalue weighted by Crippen LogP contribution is 2.45. The van der Waals surface area contributed by atoms with E-state index >= 15 is 0 Å². The first-order valence-corrected chi connectivity index (χ1v) is 20.1. The SMILES string of the molecule is c1ccc(-c2cccc3c(-c4ccc(-c5c6ccccc6c(-c6ccc(-c7ccc8ccccc8c7)cc6)c6ccccc56)cc4)ccc(-c4ccccc4)c23)cc1. The van der Waals surface area contributed by atoms with Crippen molar-refractivity contribution >= 4 is 43.1 Å². The summed E-state index contributed by atoms with van der Waals surface area (Å²) >= 11 is 0. The quantitative estimate of drug-likeness (QED) is 0.149. The molecule has 0 heterocycles. The van der Waals surface area contributed by atoms with E-state index < -0.39 is 0 Å². The summed E-state index contributed by atoms with van der Waals surface area (Å²) in [6.07, 6.45) is 0. The Bertz CT molecular complexity index is 3180. The van der Waals surface area contributed by atoms with Crippen LogP contribution in [0.25, 0.3) is 110 Å². The highest BCUT2D eigenvalue weighted by molar-refractivity contribution is 6.21. The molecule has 0 aliphatic rings. The van der Waals surface area contributed by atoms with Gasteiger partial charge in [0, 0.05) is 0 Å². The second-order valence-corrected chi connectivity index (χ2v) is 15.2. The van der Waals surface area contributed by atoms with E-state index in [1.165, 1.54) is 110 Å². The summed E-state index contributed by atoms with van der Waals surface area (Å²) in [4.78, 5) is 0. The molecular formula is C58H38. The molecule has 0 amide bonds. The number of benzene rings is 11. The van der Waals surface area contributed by atoms with Crippen molar-refractivity contribution < 1.29 is 0 Å². The van der Waals surface area contributed by atoms with Gasteiger partial charge in [-0.05, 0) is 116 Å². The van der Waals surface area contributed by atoms with Crippen molar-refractivity contribution in [3.05, 3.63) is 231 Å². The second-order valence-electron chi connectivity index (χ2n) is 15.2. The van der Waals surface area contributed by atoms with Gasteiger partial charge in [-0.1, -0.05) is 224 Å². The van der Waals surface area contributed by atoms with Gasteiger partial charge < -0.3 is 0 Å². The van der Waals surface area contributed by atoms with Crippen LogP contribution in [0.4, 0.5) is 0 Å². The molecule has 0 bridgehead atoms. The minimum absolute atomic E-state index is 1.20. The first kappa shape index (κ1) is 33.8. The minimum Gasteiger partial charge on any atom is -0.0622 e. The Morgan fingerprint density at radius 1 is 0.190 bits per heavy atom. The van der Waals surface area contributed by atoms with Gasteiger partial charge in [0.1, 0.15) is 0 Å². The lowest BCUT2D eigenvalue weighted by Crippen LogP contribution is -1.92. The molecular weight excluding hydrogens is 697 g/mol. The van der Waals surface area contributed by atoms with Crippen LogP contribution in [0.15, 0.2) is 231 Å². The summed E-state index contributed by atoms with van der Waals surface area (Å²) < 4.78 is 0. The third kappa shape index (κ3) is 5.78. The summed E-state index contributed by atoms with van der Waals surface area (Å²) in [6.45, 7) is 0. The Hall–Kier alpha value is -7.54. The molecule has 0 N–H and O–H groups in total. The maximum atomic E-state index is 2.32. The summed E-state index contributed by atoms with van der Waals surface area (Å²) in [5.74, 6) is 0. The third-order valence-electron chi connectivity index (χ3n) is 11.9. The van der Waals surface area contributed by atoms with E-state index in [1.807, 2.05) is 0 Å². The first-order valence-electron chi connectivity index (χ1n) is 20.1. The summed E-state index contributed by atoms with van der Waals surface area (Å²) in [6, 6.07) is 84.4. The van der Waals surface area contributed by atoms with E-state index in [1.54, 1.807) is 0 Å². The van der Waals surface area contributed by atoms with Crippen LogP contribution in [0.1, 0.15) is 0 Å². The zero-order chi connectivity index (χ0) is 38.4. The molecule has 0 unspecified atom stereocenters. The molecule has 0 heteroatoms. The van der Waals surface area contributed by atoms with Crippen molar-refractivity contribution in [1.29, 1.82) is 0 Å². The Morgan fingerprint density at radius 3 is 1.16 bits per heavy atom. The Balaban J connectivity index is 1.03. The van der Waals surface area contributed by atoms with Crippen LogP contribution in [-0.4, -0.2) is 0 Å². The normalized spacial score (nSPS) is 11.4. The van der Waals surface area contributed by atoms with E-state index in [-0.39, 0.29) is 0 Å². The van der Waals surface area contributed by atoms with Crippen LogP contribution in [0.3, 0.4) is 0 Å². The molecule has 58 heavy (non-hydrogen) atoms. The molecule has 0 aliphatic carbocycles. The van der Waals surface area contributed by atoms with Crippen molar-refractivity contribution in [2.24, 2.45) is 0 Å². The van der Waals surface area contributed by atoms with Crippen molar-refractivity contribution in [2.45, 2.75) is 0 Å². The molecule has 11 rings (SSSR count). The standard InChI is InChI=1S/C58H38/c1-3-15-41(16-4-1)49-24-13-25-51-48(36-37-50(58(49)51)42-17-5-2-6-18-42)43-29-33-45(34-30-43)57-54-22-11-9-20-52(54)56(53-21-10-12-23-55(53)57)44-31-26-40(27-32-44)47-35-28-39-14-7-8-19-46(39)38-47/h1-38H. The Morgan fingerprint density at radius 2 is 0.586 bits per heavy atom. The number of rotatable bonds is 6. The van der Waals surface area contributed by atoms with Crippen LogP contribution in [0, 0.1) is 0 Å². The van der Waals surface area contributed by atoms with Gasteiger partial charge in [0.15, 0.2) is 0 Å². The molecule has 0 atom stereocenters. The molecule has 11 aromatic carbocycles. The lowest BCUT2D eigenvalue weighted by molar-refractivity contribution is 1.60. The maximum Gasteiger partial charge on any atom is -0.00206 e. The van der Waals surface area contributed by atoms with Crippen molar-refractivity contribution in [1.82, 2.24) is 0 Å². The molecule has 0 saturated carbocycles. The van der Waals surface area contributed by atoms with Crippen LogP contribution >= 0.6 is 0 Å². The minimum atomic E-state index is 1.20. The number of hydrogen-bond acceptors (Lipinski definition) is 0. The van der Waals surface area contributed by atoms with Gasteiger partial charge in [-0.2, -0.15) is 0 Å². The molecule has 0 spiro atoms. The first-order chi connectivity index (χ1) is 28.8. The monoisotopic (exact) mass is 734 g/mol. The maximum absolute atomic E-state index is 2.32. The topological polar surface area (TPSA) is 0 Å². The smallest absolute Gasteiger partial charge is 0.00206 e. The highest BCUT2D eigenvalue weighted by atomic mass is 14.2. The fourth-order valence-electron chi connectivity index (χ4n) is 9.14. The fourth-order valence-corrected chi connectivity index (χ4v) is 9.14. The van der Waals surface area contributed by atoms with E-state index in [0.717, 1.165) is 0 Å². The Labute approximate surface area is 339 Å². The molecule has 270 valence electrons. The van der Waals surface area contributed by atoms with E-state index in [4.69, 9.17) is 0 Å². The van der Waals surface area contributed by atoms with Crippen LogP contribution in [0.5, 0.6) is 0 Å². The molecule has 0 aliphatic heterocycles. The molecule has 11 aromatic rings. The fraction of sp³-hybridized carbons (Fsp3) is 0. The van der Waals surface area contributed by atoms with E-state index in [9.17, 15) is 0 Å². The van der Waals surface area contributed by atoms with Crippen molar-refractivity contribution in [3.63, 3.8) is 0 Å². The van der Waals surface area contributed by atoms with Gasteiger partial charge in [0.2, 0.25) is 0 Å². The average molecular weight is 735 g/mol. The van der Waals surface area contributed by atoms with Gasteiger partial charge >= 0.3 is 0 Å². The largest absolute Gasteiger partial charge is 0.0622 e. The zero-order valence-corrected chi connectivity index (χ0v) is 31.9. The van der Waals surface area contributed by atoms with Gasteiger partial charge in [-0.25, -0.2) is 0 Å². The molecule has 0 radical (unpaired) electrons. The zero-order valence-electron chi connectivity index (χ0n) is 31.9. The van der Waals surface area contributed by atoms with Crippen LogP contribution < -0.4 is 0 Å². The van der Waals surface area contributed by atoms with E-state index in [0.29, 0.717) is 0 Å². The van der Waals surface area contributed by atoms with Gasteiger partial charge in [-0.3, -0.25) is 0 Å². The van der Waals surface area contributed by atoms with Crippen LogP contribution in [-0.2, 0) is 0 Å². The Kier molecular flexibility index (Phi) is 8.26.